The van der Waals surface area contributed by atoms with Crippen LogP contribution >= 0.6 is 0 Å². The Morgan fingerprint density at radius 1 is 0.959 bits per heavy atom. The van der Waals surface area contributed by atoms with Crippen molar-refractivity contribution in [1.29, 1.82) is 0 Å². The molecular weight excluding hydrogens is 616 g/mol. The summed E-state index contributed by atoms with van der Waals surface area (Å²) in [5, 5.41) is 4.54. The lowest BCUT2D eigenvalue weighted by Gasteiger charge is -2.41. The lowest BCUT2D eigenvalue weighted by Crippen LogP contribution is -2.52. The van der Waals surface area contributed by atoms with Crippen LogP contribution in [0.2, 0.25) is 0 Å². The van der Waals surface area contributed by atoms with Crippen molar-refractivity contribution in [3.8, 4) is 16.9 Å². The number of anilines is 1. The van der Waals surface area contributed by atoms with Gasteiger partial charge in [0, 0.05) is 61.2 Å². The zero-order chi connectivity index (χ0) is 34.7. The molecule has 3 aromatic heterocycles. The predicted molar refractivity (Wildman–Crippen MR) is 191 cm³/mol. The molecular formula is C39H54N6O4. The van der Waals surface area contributed by atoms with E-state index in [2.05, 4.69) is 45.1 Å². The molecule has 1 aliphatic heterocycles. The maximum atomic E-state index is 14.4. The van der Waals surface area contributed by atoms with Crippen LogP contribution in [0.5, 0.6) is 5.75 Å². The van der Waals surface area contributed by atoms with Crippen molar-refractivity contribution in [3.63, 3.8) is 0 Å². The van der Waals surface area contributed by atoms with Crippen molar-refractivity contribution in [1.82, 2.24) is 24.6 Å². The minimum absolute atomic E-state index is 0.124. The normalized spacial score (nSPS) is 23.0. The lowest BCUT2D eigenvalue weighted by atomic mass is 9.79. The Bertz CT molecular complexity index is 1580. The van der Waals surface area contributed by atoms with E-state index in [4.69, 9.17) is 19.4 Å². The van der Waals surface area contributed by atoms with Gasteiger partial charge in [0.05, 0.1) is 19.0 Å². The summed E-state index contributed by atoms with van der Waals surface area (Å²) in [7, 11) is 1.68. The molecule has 0 atom stereocenters. The molecule has 0 N–H and O–H groups in total. The van der Waals surface area contributed by atoms with Gasteiger partial charge in [0.2, 0.25) is 5.91 Å². The fraction of sp³-hybridized carbons (Fsp3) is 0.615. The van der Waals surface area contributed by atoms with Crippen LogP contribution in [0.15, 0.2) is 42.9 Å². The first-order valence-electron chi connectivity index (χ1n) is 18.4. The first-order chi connectivity index (χ1) is 23.6. The topological polar surface area (TPSA) is 103 Å². The average molecular weight is 671 g/mol. The third-order valence-corrected chi connectivity index (χ3v) is 11.1. The van der Waals surface area contributed by atoms with Gasteiger partial charge in [0.1, 0.15) is 17.7 Å². The number of aromatic nitrogens is 4. The molecule has 10 nitrogen and oxygen atoms in total. The predicted octanol–water partition coefficient (Wildman–Crippen LogP) is 7.83. The van der Waals surface area contributed by atoms with Crippen LogP contribution in [0, 0.1) is 30.6 Å². The molecule has 0 spiro atoms. The van der Waals surface area contributed by atoms with Crippen molar-refractivity contribution < 1.29 is 19.1 Å². The molecule has 6 rings (SSSR count). The Morgan fingerprint density at radius 3 is 2.33 bits per heavy atom. The van der Waals surface area contributed by atoms with Gasteiger partial charge in [-0.05, 0) is 120 Å². The fourth-order valence-electron chi connectivity index (χ4n) is 7.67. The molecule has 0 bridgehead atoms. The van der Waals surface area contributed by atoms with Gasteiger partial charge < -0.3 is 14.4 Å². The van der Waals surface area contributed by atoms with Crippen LogP contribution in [-0.4, -0.2) is 69.5 Å². The highest BCUT2D eigenvalue weighted by atomic mass is 16.6. The molecule has 3 aliphatic rings. The van der Waals surface area contributed by atoms with E-state index >= 15 is 0 Å². The first-order valence-corrected chi connectivity index (χ1v) is 18.4. The van der Waals surface area contributed by atoms with E-state index in [-0.39, 0.29) is 30.1 Å². The van der Waals surface area contributed by atoms with Crippen LogP contribution in [0.25, 0.3) is 11.1 Å². The number of rotatable bonds is 10. The summed E-state index contributed by atoms with van der Waals surface area (Å²) in [5.74, 6) is 3.44. The first kappa shape index (κ1) is 34.9. The van der Waals surface area contributed by atoms with Gasteiger partial charge in [-0.2, -0.15) is 5.10 Å². The van der Waals surface area contributed by atoms with Gasteiger partial charge in [-0.15, -0.1) is 0 Å². The molecule has 10 heteroatoms. The Morgan fingerprint density at radius 2 is 1.69 bits per heavy atom. The van der Waals surface area contributed by atoms with Gasteiger partial charge in [0.15, 0.2) is 0 Å². The quantitative estimate of drug-likeness (QED) is 0.217. The monoisotopic (exact) mass is 670 g/mol. The van der Waals surface area contributed by atoms with Crippen LogP contribution in [-0.2, 0) is 9.53 Å². The summed E-state index contributed by atoms with van der Waals surface area (Å²) in [4.78, 5) is 40.6. The van der Waals surface area contributed by atoms with E-state index in [1.807, 2.05) is 52.0 Å². The SMILES string of the molecule is COc1ccc([C@H]2CC[C@H](CN(c3cc(-c4cnn(C(C)C)c4)ccn3)C(=O)[C@H]3CC[C@H](OC(=O)N4CC(C(C)C)C4)CC3)CC2)nc1C. The van der Waals surface area contributed by atoms with E-state index in [1.54, 1.807) is 7.11 Å². The molecule has 49 heavy (non-hydrogen) atoms. The number of hydrogen-bond donors (Lipinski definition) is 0. The number of carbonyl (C=O) groups is 2. The van der Waals surface area contributed by atoms with Crippen molar-refractivity contribution in [2.24, 2.45) is 23.7 Å². The third-order valence-electron chi connectivity index (χ3n) is 11.1. The van der Waals surface area contributed by atoms with Gasteiger partial charge in [-0.3, -0.25) is 19.4 Å². The van der Waals surface area contributed by atoms with Crippen LogP contribution < -0.4 is 9.64 Å². The number of carbonyl (C=O) groups excluding carboxylic acids is 2. The number of ether oxygens (including phenoxy) is 2. The second-order valence-electron chi connectivity index (χ2n) is 15.2. The smallest absolute Gasteiger partial charge is 0.410 e. The van der Waals surface area contributed by atoms with Crippen LogP contribution in [0.3, 0.4) is 0 Å². The molecule has 2 amide bonds. The van der Waals surface area contributed by atoms with E-state index in [0.717, 1.165) is 67.0 Å². The number of amides is 2. The molecule has 2 saturated carbocycles. The van der Waals surface area contributed by atoms with Crippen LogP contribution in [0.4, 0.5) is 10.6 Å². The molecule has 0 aromatic carbocycles. The standard InChI is InChI=1S/C39H54N6O4/c1-25(2)33-22-43(23-33)39(47)49-34-13-11-30(12-14-34)38(46)44(37-19-31(17-18-40-37)32-20-41-45(24-32)26(3)4)21-28-7-9-29(10-8-28)35-15-16-36(48-6)27(5)42-35/h15-20,24-26,28-30,33-34H,7-14,21-23H2,1-6H3/t28-,29-,30-,34-. The highest BCUT2D eigenvalue weighted by Gasteiger charge is 2.37. The number of pyridine rings is 2. The summed E-state index contributed by atoms with van der Waals surface area (Å²) in [6, 6.07) is 8.42. The highest BCUT2D eigenvalue weighted by Crippen LogP contribution is 2.38. The number of hydrogen-bond acceptors (Lipinski definition) is 7. The van der Waals surface area contributed by atoms with Crippen molar-refractivity contribution in [2.75, 3.05) is 31.6 Å². The molecule has 3 aromatic rings. The van der Waals surface area contributed by atoms with Crippen LogP contribution in [0.1, 0.15) is 102 Å². The zero-order valence-corrected chi connectivity index (χ0v) is 30.2. The molecule has 0 unspecified atom stereocenters. The summed E-state index contributed by atoms with van der Waals surface area (Å²) in [6.45, 7) is 12.8. The number of aryl methyl sites for hydroxylation is 1. The maximum Gasteiger partial charge on any atom is 0.410 e. The molecule has 2 aliphatic carbocycles. The Labute approximate surface area is 291 Å². The van der Waals surface area contributed by atoms with E-state index in [0.29, 0.717) is 61.7 Å². The highest BCUT2D eigenvalue weighted by molar-refractivity contribution is 5.94. The van der Waals surface area contributed by atoms with Crippen molar-refractivity contribution in [2.45, 2.75) is 104 Å². The number of methoxy groups -OCH3 is 1. The summed E-state index contributed by atoms with van der Waals surface area (Å²) < 4.78 is 13.3. The Kier molecular flexibility index (Phi) is 10.9. The Hall–Kier alpha value is -3.95. The molecule has 3 fully saturated rings. The second kappa shape index (κ2) is 15.3. The number of nitrogens with zero attached hydrogens (tertiary/aromatic N) is 6. The van der Waals surface area contributed by atoms with Gasteiger partial charge in [-0.25, -0.2) is 9.78 Å². The summed E-state index contributed by atoms with van der Waals surface area (Å²) >= 11 is 0. The average Bonchev–Trinajstić information content (AvgIpc) is 3.58. The minimum Gasteiger partial charge on any atom is -0.495 e. The third kappa shape index (κ3) is 8.10. The Balaban J connectivity index is 1.13. The van der Waals surface area contributed by atoms with Crippen molar-refractivity contribution >= 4 is 17.8 Å². The van der Waals surface area contributed by atoms with E-state index < -0.39 is 0 Å². The van der Waals surface area contributed by atoms with E-state index in [1.165, 1.54) is 0 Å². The van der Waals surface area contributed by atoms with Gasteiger partial charge >= 0.3 is 6.09 Å². The summed E-state index contributed by atoms with van der Waals surface area (Å²) in [5.41, 5.74) is 4.07. The number of likely N-dealkylation sites (tertiary alicyclic amines) is 1. The minimum atomic E-state index is -0.203. The molecule has 1 saturated heterocycles. The molecule has 4 heterocycles. The van der Waals surface area contributed by atoms with Gasteiger partial charge in [-0.1, -0.05) is 13.8 Å². The summed E-state index contributed by atoms with van der Waals surface area (Å²) in [6.07, 6.45) is 12.4. The maximum absolute atomic E-state index is 14.4. The van der Waals surface area contributed by atoms with Crippen molar-refractivity contribution in [3.05, 3.63) is 54.2 Å². The lowest BCUT2D eigenvalue weighted by molar-refractivity contribution is -0.124. The van der Waals surface area contributed by atoms with Gasteiger partial charge in [0.25, 0.3) is 0 Å². The second-order valence-corrected chi connectivity index (χ2v) is 15.2. The molecule has 0 radical (unpaired) electrons. The van der Waals surface area contributed by atoms with E-state index in [9.17, 15) is 9.59 Å². The largest absolute Gasteiger partial charge is 0.495 e. The fourth-order valence-corrected chi connectivity index (χ4v) is 7.67. The molecule has 264 valence electrons. The zero-order valence-electron chi connectivity index (χ0n) is 30.2.